The van der Waals surface area contributed by atoms with Crippen molar-refractivity contribution in [2.24, 2.45) is 0 Å². The minimum absolute atomic E-state index is 0. The van der Waals surface area contributed by atoms with Gasteiger partial charge in [0, 0.05) is 19.6 Å². The summed E-state index contributed by atoms with van der Waals surface area (Å²) in [5.74, 6) is 0.101. The van der Waals surface area contributed by atoms with E-state index in [9.17, 15) is 4.79 Å². The molecule has 2 aliphatic heterocycles. The number of halogens is 2. The maximum atomic E-state index is 12.3. The van der Waals surface area contributed by atoms with Crippen LogP contribution in [-0.4, -0.2) is 30.4 Å². The van der Waals surface area contributed by atoms with Gasteiger partial charge < -0.3 is 10.2 Å². The van der Waals surface area contributed by atoms with Crippen LogP contribution in [-0.2, 0) is 6.42 Å². The highest BCUT2D eigenvalue weighted by molar-refractivity contribution is 6.34. The fraction of sp³-hybridized carbons (Fsp3) is 0.500. The molecule has 0 aliphatic carbocycles. The molecule has 1 atom stereocenters. The number of aryl methyl sites for hydroxylation is 1. The van der Waals surface area contributed by atoms with E-state index in [0.717, 1.165) is 43.6 Å². The summed E-state index contributed by atoms with van der Waals surface area (Å²) in [5, 5.41) is 3.97. The van der Waals surface area contributed by atoms with Crippen molar-refractivity contribution in [1.29, 1.82) is 0 Å². The fourth-order valence-electron chi connectivity index (χ4n) is 2.98. The maximum Gasteiger partial charge on any atom is 0.256 e. The lowest BCUT2D eigenvalue weighted by molar-refractivity contribution is 0.0691. The highest BCUT2D eigenvalue weighted by atomic mass is 35.5. The molecule has 1 aromatic carbocycles. The molecule has 1 aromatic rings. The molecule has 5 heteroatoms. The van der Waals surface area contributed by atoms with Crippen molar-refractivity contribution in [3.8, 4) is 0 Å². The molecule has 3 nitrogen and oxygen atoms in total. The van der Waals surface area contributed by atoms with E-state index in [2.05, 4.69) is 18.3 Å². The number of carbonyl (C=O) groups is 1. The maximum absolute atomic E-state index is 12.3. The number of hydrogen-bond donors (Lipinski definition) is 1. The van der Waals surface area contributed by atoms with Gasteiger partial charge in [0.1, 0.15) is 0 Å². The van der Waals surface area contributed by atoms with Crippen molar-refractivity contribution in [3.63, 3.8) is 0 Å². The lowest BCUT2D eigenvalue weighted by Gasteiger charge is -2.30. The zero-order valence-electron chi connectivity index (χ0n) is 10.9. The fourth-order valence-corrected chi connectivity index (χ4v) is 3.31. The second-order valence-corrected chi connectivity index (χ2v) is 5.42. The monoisotopic (exact) mass is 300 g/mol. The molecule has 2 aliphatic rings. The first kappa shape index (κ1) is 14.6. The van der Waals surface area contributed by atoms with Crippen molar-refractivity contribution in [3.05, 3.63) is 33.8 Å². The number of piperazine rings is 1. The first-order valence-corrected chi connectivity index (χ1v) is 6.94. The third kappa shape index (κ3) is 2.35. The number of amides is 1. The predicted octanol–water partition coefficient (Wildman–Crippen LogP) is 2.81. The van der Waals surface area contributed by atoms with Crippen molar-refractivity contribution >= 4 is 29.9 Å². The van der Waals surface area contributed by atoms with Gasteiger partial charge in [-0.3, -0.25) is 4.79 Å². The Morgan fingerprint density at radius 3 is 3.00 bits per heavy atom. The third-order valence-corrected chi connectivity index (χ3v) is 4.09. The van der Waals surface area contributed by atoms with Crippen LogP contribution in [0.1, 0.15) is 40.9 Å². The molecule has 0 radical (unpaired) electrons. The number of fused-ring (bicyclic) bond motifs is 3. The largest absolute Gasteiger partial charge is 0.329 e. The molecule has 1 fully saturated rings. The zero-order valence-corrected chi connectivity index (χ0v) is 12.5. The van der Waals surface area contributed by atoms with Gasteiger partial charge in [-0.15, -0.1) is 12.4 Å². The number of nitrogens with one attached hydrogen (secondary N) is 1. The Labute approximate surface area is 124 Å². The highest BCUT2D eigenvalue weighted by Gasteiger charge is 2.39. The smallest absolute Gasteiger partial charge is 0.256 e. The van der Waals surface area contributed by atoms with E-state index < -0.39 is 0 Å². The Bertz CT molecular complexity index is 504. The lowest BCUT2D eigenvalue weighted by atomic mass is 9.99. The van der Waals surface area contributed by atoms with Crippen LogP contribution in [0, 0.1) is 0 Å². The standard InChI is InChI=1S/C14H17ClN2O.ClH/c1-2-3-9-6-10-12-8-16-4-5-17(12)14(18)13(10)11(15)7-9;/h6-7,12,16H,2-5,8H2,1H3;1H/t12-;/m1./s1. The number of hydrogen-bond acceptors (Lipinski definition) is 2. The van der Waals surface area contributed by atoms with Gasteiger partial charge in [-0.25, -0.2) is 0 Å². The van der Waals surface area contributed by atoms with Crippen LogP contribution in [0.15, 0.2) is 12.1 Å². The van der Waals surface area contributed by atoms with Crippen LogP contribution in [0.25, 0.3) is 0 Å². The number of benzene rings is 1. The van der Waals surface area contributed by atoms with Gasteiger partial charge in [0.2, 0.25) is 0 Å². The van der Waals surface area contributed by atoms with E-state index in [1.54, 1.807) is 0 Å². The molecule has 0 bridgehead atoms. The topological polar surface area (TPSA) is 32.3 Å². The summed E-state index contributed by atoms with van der Waals surface area (Å²) in [7, 11) is 0. The van der Waals surface area contributed by atoms with E-state index in [4.69, 9.17) is 11.6 Å². The molecule has 0 saturated carbocycles. The van der Waals surface area contributed by atoms with Gasteiger partial charge in [-0.2, -0.15) is 0 Å². The summed E-state index contributed by atoms with van der Waals surface area (Å²) in [5.41, 5.74) is 3.08. The Kier molecular flexibility index (Phi) is 4.39. The number of carbonyl (C=O) groups excluding carboxylic acids is 1. The average Bonchev–Trinajstić information content (AvgIpc) is 2.65. The molecule has 1 saturated heterocycles. The number of rotatable bonds is 2. The van der Waals surface area contributed by atoms with Gasteiger partial charge in [-0.05, 0) is 23.6 Å². The summed E-state index contributed by atoms with van der Waals surface area (Å²) in [6.45, 7) is 4.64. The summed E-state index contributed by atoms with van der Waals surface area (Å²) >= 11 is 6.30. The SMILES string of the molecule is CCCc1cc(Cl)c2c(c1)[C@H]1CNCCN1C2=O.Cl. The van der Waals surface area contributed by atoms with Crippen molar-refractivity contribution in [2.75, 3.05) is 19.6 Å². The Balaban J connectivity index is 0.00000133. The highest BCUT2D eigenvalue weighted by Crippen LogP contribution is 2.38. The van der Waals surface area contributed by atoms with Crippen LogP contribution in [0.4, 0.5) is 0 Å². The minimum Gasteiger partial charge on any atom is -0.329 e. The molecule has 104 valence electrons. The molecule has 0 unspecified atom stereocenters. The predicted molar refractivity (Wildman–Crippen MR) is 79.3 cm³/mol. The second kappa shape index (κ2) is 5.70. The quantitative estimate of drug-likeness (QED) is 0.911. The molecular formula is C14H18Cl2N2O. The summed E-state index contributed by atoms with van der Waals surface area (Å²) in [6, 6.07) is 4.30. The van der Waals surface area contributed by atoms with E-state index in [0.29, 0.717) is 5.02 Å². The van der Waals surface area contributed by atoms with Gasteiger partial charge in [0.15, 0.2) is 0 Å². The molecule has 1 N–H and O–H groups in total. The van der Waals surface area contributed by atoms with Gasteiger partial charge >= 0.3 is 0 Å². The van der Waals surface area contributed by atoms with Crippen LogP contribution >= 0.6 is 24.0 Å². The van der Waals surface area contributed by atoms with E-state index in [1.807, 2.05) is 11.0 Å². The molecule has 19 heavy (non-hydrogen) atoms. The van der Waals surface area contributed by atoms with E-state index in [1.165, 1.54) is 5.56 Å². The first-order chi connectivity index (χ1) is 8.72. The van der Waals surface area contributed by atoms with Gasteiger partial charge in [0.25, 0.3) is 5.91 Å². The molecule has 1 amide bonds. The molecule has 0 spiro atoms. The number of nitrogens with zero attached hydrogens (tertiary/aromatic N) is 1. The van der Waals surface area contributed by atoms with Crippen LogP contribution in [0.2, 0.25) is 5.02 Å². The molecule has 0 aromatic heterocycles. The average molecular weight is 301 g/mol. The van der Waals surface area contributed by atoms with Crippen molar-refractivity contribution in [2.45, 2.75) is 25.8 Å². The molecule has 2 heterocycles. The van der Waals surface area contributed by atoms with Crippen LogP contribution in [0.3, 0.4) is 0 Å². The summed E-state index contributed by atoms with van der Waals surface area (Å²) < 4.78 is 0. The first-order valence-electron chi connectivity index (χ1n) is 6.56. The molecule has 3 rings (SSSR count). The molecular weight excluding hydrogens is 283 g/mol. The van der Waals surface area contributed by atoms with Gasteiger partial charge in [0.05, 0.1) is 16.6 Å². The Morgan fingerprint density at radius 1 is 1.47 bits per heavy atom. The van der Waals surface area contributed by atoms with Crippen LogP contribution in [0.5, 0.6) is 0 Å². The normalized spacial score (nSPS) is 20.8. The minimum atomic E-state index is 0. The summed E-state index contributed by atoms with van der Waals surface area (Å²) in [6.07, 6.45) is 2.11. The van der Waals surface area contributed by atoms with Crippen molar-refractivity contribution in [1.82, 2.24) is 10.2 Å². The second-order valence-electron chi connectivity index (χ2n) is 5.01. The van der Waals surface area contributed by atoms with Crippen molar-refractivity contribution < 1.29 is 4.79 Å². The zero-order chi connectivity index (χ0) is 12.7. The third-order valence-electron chi connectivity index (χ3n) is 3.80. The summed E-state index contributed by atoms with van der Waals surface area (Å²) in [4.78, 5) is 14.3. The van der Waals surface area contributed by atoms with Gasteiger partial charge in [-0.1, -0.05) is 31.0 Å². The Morgan fingerprint density at radius 2 is 2.26 bits per heavy atom. The Hall–Kier alpha value is -0.770. The lowest BCUT2D eigenvalue weighted by Crippen LogP contribution is -2.44. The van der Waals surface area contributed by atoms with E-state index in [-0.39, 0.29) is 24.4 Å². The van der Waals surface area contributed by atoms with E-state index >= 15 is 0 Å². The van der Waals surface area contributed by atoms with Crippen LogP contribution < -0.4 is 5.32 Å².